The van der Waals surface area contributed by atoms with Crippen LogP contribution in [0.3, 0.4) is 0 Å². The van der Waals surface area contributed by atoms with Crippen LogP contribution in [0.25, 0.3) is 0 Å². The highest BCUT2D eigenvalue weighted by molar-refractivity contribution is 6.00. The Balaban J connectivity index is 1.52. The molecule has 5 amide bonds. The van der Waals surface area contributed by atoms with Gasteiger partial charge in [0, 0.05) is 29.9 Å². The summed E-state index contributed by atoms with van der Waals surface area (Å²) in [6.45, 7) is 0.433. The van der Waals surface area contributed by atoms with Crippen molar-refractivity contribution in [2.24, 2.45) is 0 Å². The molecule has 0 bridgehead atoms. The molecule has 0 fully saturated rings. The number of hydrogen-bond acceptors (Lipinski definition) is 5. The van der Waals surface area contributed by atoms with Crippen LogP contribution < -0.4 is 26.7 Å². The number of urea groups is 1. The lowest BCUT2D eigenvalue weighted by atomic mass is 10.1. The molecule has 10 nitrogen and oxygen atoms in total. The van der Waals surface area contributed by atoms with Crippen molar-refractivity contribution in [3.8, 4) is 0 Å². The summed E-state index contributed by atoms with van der Waals surface area (Å²) in [6, 6.07) is 18.6. The largest absolute Gasteiger partial charge is 0.352 e. The maximum atomic E-state index is 13.2. The van der Waals surface area contributed by atoms with Crippen molar-refractivity contribution in [1.29, 1.82) is 0 Å². The molecule has 0 spiro atoms. The highest BCUT2D eigenvalue weighted by Gasteiger charge is 2.23. The molecule has 0 radical (unpaired) electrons. The first kappa shape index (κ1) is 28.8. The Morgan fingerprint density at radius 1 is 0.769 bits per heavy atom. The number of carbonyl (C=O) groups excluding carboxylic acids is 4. The molecule has 0 unspecified atom stereocenters. The summed E-state index contributed by atoms with van der Waals surface area (Å²) in [5.74, 6) is -1.66. The van der Waals surface area contributed by atoms with Crippen LogP contribution in [-0.2, 0) is 9.59 Å². The Bertz CT molecular complexity index is 1250. The maximum Gasteiger partial charge on any atom is 0.320 e. The minimum Gasteiger partial charge on any atom is -0.352 e. The molecule has 0 aromatic heterocycles. The molecule has 0 aliphatic rings. The molecule has 1 atom stereocenters. The molecule has 3 aromatic rings. The summed E-state index contributed by atoms with van der Waals surface area (Å²) < 4.78 is 13.2. The zero-order valence-electron chi connectivity index (χ0n) is 21.1. The lowest BCUT2D eigenvalue weighted by Crippen LogP contribution is -2.39. The number of amides is 5. The van der Waals surface area contributed by atoms with Gasteiger partial charge in [-0.25, -0.2) is 14.7 Å². The Hall–Kier alpha value is -4.77. The van der Waals surface area contributed by atoms with Crippen LogP contribution in [0.15, 0.2) is 78.9 Å². The molecule has 3 aromatic carbocycles. The second-order valence-corrected chi connectivity index (χ2v) is 8.62. The molecule has 6 N–H and O–H groups in total. The molecular formula is C28H30FN5O5. The first-order valence-corrected chi connectivity index (χ1v) is 12.4. The summed E-state index contributed by atoms with van der Waals surface area (Å²) in [6.07, 6.45) is 2.22. The van der Waals surface area contributed by atoms with E-state index in [1.54, 1.807) is 60.1 Å². The molecule has 0 aliphatic carbocycles. The van der Waals surface area contributed by atoms with Crippen LogP contribution in [0.2, 0.25) is 0 Å². The first-order chi connectivity index (χ1) is 18.9. The van der Waals surface area contributed by atoms with Crippen LogP contribution in [0.1, 0.15) is 47.6 Å². The Labute approximate surface area is 225 Å². The topological polar surface area (TPSA) is 149 Å². The minimum atomic E-state index is -1.03. The van der Waals surface area contributed by atoms with Gasteiger partial charge in [0.05, 0.1) is 0 Å². The SMILES string of the molecule is O=C(CCCCCNC(=O)c1ccc(NC(=O)N[C@H](C(=O)Nc2ccc(F)cc2)c2ccccc2)cc1)NO. The molecular weight excluding hydrogens is 505 g/mol. The predicted octanol–water partition coefficient (Wildman–Crippen LogP) is 4.12. The number of hydroxylamine groups is 1. The van der Waals surface area contributed by atoms with Crippen LogP contribution in [-0.4, -0.2) is 35.5 Å². The van der Waals surface area contributed by atoms with Crippen molar-refractivity contribution in [3.05, 3.63) is 95.8 Å². The van der Waals surface area contributed by atoms with E-state index in [2.05, 4.69) is 21.3 Å². The average Bonchev–Trinajstić information content (AvgIpc) is 2.95. The highest BCUT2D eigenvalue weighted by Crippen LogP contribution is 2.17. The smallest absolute Gasteiger partial charge is 0.320 e. The average molecular weight is 536 g/mol. The number of halogens is 1. The van der Waals surface area contributed by atoms with E-state index in [1.165, 1.54) is 24.3 Å². The molecule has 39 heavy (non-hydrogen) atoms. The van der Waals surface area contributed by atoms with Gasteiger partial charge in [0.2, 0.25) is 5.91 Å². The van der Waals surface area contributed by atoms with Crippen molar-refractivity contribution in [1.82, 2.24) is 16.1 Å². The molecule has 11 heteroatoms. The van der Waals surface area contributed by atoms with Gasteiger partial charge in [0.25, 0.3) is 11.8 Å². The van der Waals surface area contributed by atoms with Gasteiger partial charge in [-0.15, -0.1) is 0 Å². The van der Waals surface area contributed by atoms with E-state index in [0.717, 1.165) is 6.42 Å². The number of hydrogen-bond donors (Lipinski definition) is 6. The highest BCUT2D eigenvalue weighted by atomic mass is 19.1. The third-order valence-corrected chi connectivity index (χ3v) is 5.68. The van der Waals surface area contributed by atoms with E-state index in [4.69, 9.17) is 5.21 Å². The first-order valence-electron chi connectivity index (χ1n) is 12.4. The zero-order valence-corrected chi connectivity index (χ0v) is 21.1. The van der Waals surface area contributed by atoms with Crippen molar-refractivity contribution in [2.75, 3.05) is 17.2 Å². The Morgan fingerprint density at radius 2 is 1.41 bits per heavy atom. The molecule has 0 aliphatic heterocycles. The van der Waals surface area contributed by atoms with Gasteiger partial charge in [-0.05, 0) is 66.9 Å². The van der Waals surface area contributed by atoms with Gasteiger partial charge >= 0.3 is 6.03 Å². The van der Waals surface area contributed by atoms with E-state index in [1.807, 2.05) is 0 Å². The van der Waals surface area contributed by atoms with Crippen molar-refractivity contribution in [3.63, 3.8) is 0 Å². The molecule has 204 valence electrons. The van der Waals surface area contributed by atoms with Gasteiger partial charge in [0.1, 0.15) is 11.9 Å². The number of carbonyl (C=O) groups is 4. The summed E-state index contributed by atoms with van der Waals surface area (Å²) in [7, 11) is 0. The minimum absolute atomic E-state index is 0.220. The van der Waals surface area contributed by atoms with Gasteiger partial charge in [0.15, 0.2) is 0 Å². The zero-order chi connectivity index (χ0) is 28.0. The van der Waals surface area contributed by atoms with Crippen molar-refractivity contribution >= 4 is 35.1 Å². The fourth-order valence-electron chi connectivity index (χ4n) is 3.64. The number of nitrogens with one attached hydrogen (secondary N) is 5. The summed E-state index contributed by atoms with van der Waals surface area (Å²) >= 11 is 0. The van der Waals surface area contributed by atoms with Crippen LogP contribution >= 0.6 is 0 Å². The second-order valence-electron chi connectivity index (χ2n) is 8.62. The van der Waals surface area contributed by atoms with Gasteiger partial charge in [-0.2, -0.15) is 0 Å². The standard InChI is InChI=1S/C28H30FN5O5/c29-21-12-16-22(17-13-21)31-27(37)25(19-7-3-1-4-8-19)33-28(38)32-23-14-10-20(11-15-23)26(36)30-18-6-2-5-9-24(35)34-39/h1,3-4,7-8,10-17,25,39H,2,5-6,9,18H2,(H,30,36)(H,31,37)(H,34,35)(H2,32,33,38)/t25-/m0/s1. The molecule has 0 saturated carbocycles. The second kappa shape index (κ2) is 14.8. The van der Waals surface area contributed by atoms with E-state index < -0.39 is 29.7 Å². The number of benzene rings is 3. The van der Waals surface area contributed by atoms with Gasteiger partial charge < -0.3 is 21.3 Å². The summed E-state index contributed by atoms with van der Waals surface area (Å²) in [5.41, 5.74) is 3.33. The molecule has 0 heterocycles. The lowest BCUT2D eigenvalue weighted by molar-refractivity contribution is -0.129. The molecule has 0 saturated heterocycles. The van der Waals surface area contributed by atoms with E-state index in [9.17, 15) is 23.6 Å². The number of anilines is 2. The van der Waals surface area contributed by atoms with Crippen molar-refractivity contribution < 1.29 is 28.8 Å². The van der Waals surface area contributed by atoms with Crippen LogP contribution in [0, 0.1) is 5.82 Å². The van der Waals surface area contributed by atoms with E-state index in [0.29, 0.717) is 41.9 Å². The summed E-state index contributed by atoms with van der Waals surface area (Å²) in [5, 5.41) is 19.2. The maximum absolute atomic E-state index is 13.2. The third kappa shape index (κ3) is 9.56. The van der Waals surface area contributed by atoms with Gasteiger partial charge in [-0.1, -0.05) is 36.8 Å². The quantitative estimate of drug-likeness (QED) is 0.117. The fourth-order valence-corrected chi connectivity index (χ4v) is 3.64. The Morgan fingerprint density at radius 3 is 2.08 bits per heavy atom. The lowest BCUT2D eigenvalue weighted by Gasteiger charge is -2.19. The fraction of sp³-hybridized carbons (Fsp3) is 0.214. The number of unbranched alkanes of at least 4 members (excludes halogenated alkanes) is 2. The van der Waals surface area contributed by atoms with Gasteiger partial charge in [-0.3, -0.25) is 19.6 Å². The molecule has 3 rings (SSSR count). The monoisotopic (exact) mass is 535 g/mol. The van der Waals surface area contributed by atoms with Crippen LogP contribution in [0.4, 0.5) is 20.6 Å². The van der Waals surface area contributed by atoms with Crippen molar-refractivity contribution in [2.45, 2.75) is 31.7 Å². The number of rotatable bonds is 12. The summed E-state index contributed by atoms with van der Waals surface area (Å²) in [4.78, 5) is 49.0. The van der Waals surface area contributed by atoms with E-state index in [-0.39, 0.29) is 12.3 Å². The normalized spacial score (nSPS) is 11.1. The van der Waals surface area contributed by atoms with E-state index >= 15 is 0 Å². The van der Waals surface area contributed by atoms with Crippen LogP contribution in [0.5, 0.6) is 0 Å². The predicted molar refractivity (Wildman–Crippen MR) is 144 cm³/mol. The third-order valence-electron chi connectivity index (χ3n) is 5.68. The Kier molecular flexibility index (Phi) is 11.0.